The lowest BCUT2D eigenvalue weighted by Gasteiger charge is -2.33. The molecule has 3 saturated heterocycles. The zero-order valence-corrected chi connectivity index (χ0v) is 14.5. The molecule has 8 nitrogen and oxygen atoms in total. The molecule has 2 amide bonds. The molecule has 0 saturated carbocycles. The SMILES string of the molecule is O=C(c1cncc(=O)[nH]1)N1CC[C@@]23OC[C@@H](c4ccccc4)N2C(=O)C[C@@H]13. The van der Waals surface area contributed by atoms with Crippen LogP contribution in [0, 0.1) is 0 Å². The second-order valence-electron chi connectivity index (χ2n) is 7.12. The van der Waals surface area contributed by atoms with Crippen LogP contribution in [0.3, 0.4) is 0 Å². The average Bonchev–Trinajstić information content (AvgIpc) is 3.31. The van der Waals surface area contributed by atoms with Crippen LogP contribution in [-0.4, -0.2) is 56.5 Å². The van der Waals surface area contributed by atoms with Crippen molar-refractivity contribution >= 4 is 11.8 Å². The Balaban J connectivity index is 1.47. The van der Waals surface area contributed by atoms with Crippen molar-refractivity contribution in [1.82, 2.24) is 19.8 Å². The summed E-state index contributed by atoms with van der Waals surface area (Å²) >= 11 is 0. The van der Waals surface area contributed by atoms with Gasteiger partial charge in [-0.25, -0.2) is 0 Å². The second-order valence-corrected chi connectivity index (χ2v) is 7.12. The van der Waals surface area contributed by atoms with E-state index in [1.54, 1.807) is 4.90 Å². The third kappa shape index (κ3) is 2.26. The van der Waals surface area contributed by atoms with Gasteiger partial charge in [0, 0.05) is 13.0 Å². The molecule has 4 heterocycles. The van der Waals surface area contributed by atoms with Crippen molar-refractivity contribution in [3.63, 3.8) is 0 Å². The third-order valence-corrected chi connectivity index (χ3v) is 5.78. The van der Waals surface area contributed by atoms with Gasteiger partial charge in [-0.1, -0.05) is 30.3 Å². The van der Waals surface area contributed by atoms with Crippen molar-refractivity contribution in [2.24, 2.45) is 0 Å². The number of likely N-dealkylation sites (tertiary alicyclic amines) is 1. The number of benzene rings is 1. The molecule has 1 N–H and O–H groups in total. The minimum absolute atomic E-state index is 0.0106. The van der Waals surface area contributed by atoms with Crippen LogP contribution >= 0.6 is 0 Å². The van der Waals surface area contributed by atoms with Gasteiger partial charge in [0.05, 0.1) is 37.5 Å². The number of rotatable bonds is 2. The van der Waals surface area contributed by atoms with E-state index in [0.717, 1.165) is 11.8 Å². The topological polar surface area (TPSA) is 95.6 Å². The van der Waals surface area contributed by atoms with Crippen molar-refractivity contribution in [2.45, 2.75) is 30.7 Å². The largest absolute Gasteiger partial charge is 0.351 e. The van der Waals surface area contributed by atoms with Crippen molar-refractivity contribution in [3.8, 4) is 0 Å². The first-order chi connectivity index (χ1) is 13.1. The number of ether oxygens (including phenoxy) is 1. The number of hydrogen-bond donors (Lipinski definition) is 1. The molecule has 8 heteroatoms. The van der Waals surface area contributed by atoms with Gasteiger partial charge in [0.25, 0.3) is 11.5 Å². The van der Waals surface area contributed by atoms with Crippen molar-refractivity contribution < 1.29 is 14.3 Å². The highest BCUT2D eigenvalue weighted by Crippen LogP contribution is 2.51. The van der Waals surface area contributed by atoms with E-state index < -0.39 is 11.3 Å². The Labute approximate surface area is 154 Å². The van der Waals surface area contributed by atoms with Crippen LogP contribution in [-0.2, 0) is 9.53 Å². The maximum Gasteiger partial charge on any atom is 0.272 e. The lowest BCUT2D eigenvalue weighted by molar-refractivity contribution is -0.138. The molecular formula is C19H18N4O4. The van der Waals surface area contributed by atoms with Gasteiger partial charge in [-0.05, 0) is 5.56 Å². The molecule has 3 atom stereocenters. The Bertz CT molecular complexity index is 975. The van der Waals surface area contributed by atoms with E-state index in [9.17, 15) is 14.4 Å². The molecule has 2 aromatic rings. The number of hydrogen-bond acceptors (Lipinski definition) is 5. The summed E-state index contributed by atoms with van der Waals surface area (Å²) in [6, 6.07) is 9.31. The van der Waals surface area contributed by atoms with Crippen LogP contribution < -0.4 is 5.56 Å². The van der Waals surface area contributed by atoms with Gasteiger partial charge in [-0.3, -0.25) is 19.4 Å². The highest BCUT2D eigenvalue weighted by Gasteiger charge is 2.65. The van der Waals surface area contributed by atoms with Gasteiger partial charge in [0.1, 0.15) is 5.69 Å². The van der Waals surface area contributed by atoms with Gasteiger partial charge < -0.3 is 19.5 Å². The van der Waals surface area contributed by atoms with E-state index in [1.807, 2.05) is 35.2 Å². The lowest BCUT2D eigenvalue weighted by atomic mass is 10.0. The first kappa shape index (κ1) is 16.2. The van der Waals surface area contributed by atoms with Crippen molar-refractivity contribution in [3.05, 3.63) is 64.3 Å². The fourth-order valence-corrected chi connectivity index (χ4v) is 4.65. The molecule has 5 rings (SSSR count). The van der Waals surface area contributed by atoms with Crippen LogP contribution in [0.4, 0.5) is 0 Å². The fraction of sp³-hybridized carbons (Fsp3) is 0.368. The summed E-state index contributed by atoms with van der Waals surface area (Å²) in [5, 5.41) is 0. The van der Waals surface area contributed by atoms with Gasteiger partial charge in [0.2, 0.25) is 5.91 Å². The number of nitrogens with zero attached hydrogens (tertiary/aromatic N) is 3. The summed E-state index contributed by atoms with van der Waals surface area (Å²) in [7, 11) is 0. The molecule has 3 aliphatic rings. The van der Waals surface area contributed by atoms with Crippen LogP contribution in [0.2, 0.25) is 0 Å². The van der Waals surface area contributed by atoms with Gasteiger partial charge in [0.15, 0.2) is 5.72 Å². The van der Waals surface area contributed by atoms with E-state index >= 15 is 0 Å². The quantitative estimate of drug-likeness (QED) is 0.843. The Morgan fingerprint density at radius 1 is 1.22 bits per heavy atom. The monoisotopic (exact) mass is 366 g/mol. The summed E-state index contributed by atoms with van der Waals surface area (Å²) in [5.41, 5.74) is -0.0524. The summed E-state index contributed by atoms with van der Waals surface area (Å²) in [5.74, 6) is -0.341. The third-order valence-electron chi connectivity index (χ3n) is 5.78. The van der Waals surface area contributed by atoms with Crippen molar-refractivity contribution in [1.29, 1.82) is 0 Å². The zero-order valence-electron chi connectivity index (χ0n) is 14.5. The van der Waals surface area contributed by atoms with Crippen LogP contribution in [0.1, 0.15) is 34.9 Å². The summed E-state index contributed by atoms with van der Waals surface area (Å²) in [6.45, 7) is 0.879. The number of amides is 2. The number of H-pyrrole nitrogens is 1. The predicted octanol–water partition coefficient (Wildman–Crippen LogP) is 0.684. The van der Waals surface area contributed by atoms with E-state index in [1.165, 1.54) is 6.20 Å². The highest BCUT2D eigenvalue weighted by atomic mass is 16.5. The lowest BCUT2D eigenvalue weighted by Crippen LogP contribution is -2.49. The van der Waals surface area contributed by atoms with E-state index in [2.05, 4.69) is 9.97 Å². The molecule has 1 aromatic heterocycles. The fourth-order valence-electron chi connectivity index (χ4n) is 4.65. The van der Waals surface area contributed by atoms with E-state index in [-0.39, 0.29) is 36.0 Å². The first-order valence-electron chi connectivity index (χ1n) is 8.96. The summed E-state index contributed by atoms with van der Waals surface area (Å²) < 4.78 is 6.19. The minimum Gasteiger partial charge on any atom is -0.351 e. The molecular weight excluding hydrogens is 348 g/mol. The van der Waals surface area contributed by atoms with Gasteiger partial charge in [-0.15, -0.1) is 0 Å². The molecule has 0 bridgehead atoms. The highest BCUT2D eigenvalue weighted by molar-refractivity contribution is 5.94. The number of carbonyl (C=O) groups is 2. The van der Waals surface area contributed by atoms with Crippen LogP contribution in [0.5, 0.6) is 0 Å². The second kappa shape index (κ2) is 5.75. The average molecular weight is 366 g/mol. The number of carbonyl (C=O) groups excluding carboxylic acids is 2. The smallest absolute Gasteiger partial charge is 0.272 e. The molecule has 27 heavy (non-hydrogen) atoms. The molecule has 0 radical (unpaired) electrons. The van der Waals surface area contributed by atoms with E-state index in [0.29, 0.717) is 19.6 Å². The molecule has 1 spiro atoms. The first-order valence-corrected chi connectivity index (χ1v) is 8.96. The minimum atomic E-state index is -0.782. The normalized spacial score (nSPS) is 29.1. The molecule has 3 aliphatic heterocycles. The van der Waals surface area contributed by atoms with Gasteiger partial charge in [-0.2, -0.15) is 0 Å². The maximum absolute atomic E-state index is 12.9. The van der Waals surface area contributed by atoms with Crippen molar-refractivity contribution in [2.75, 3.05) is 13.2 Å². The zero-order chi connectivity index (χ0) is 18.6. The van der Waals surface area contributed by atoms with Crippen LogP contribution in [0.25, 0.3) is 0 Å². The number of aromatic amines is 1. The molecule has 0 aliphatic carbocycles. The standard InChI is InChI=1S/C19H18N4O4/c24-16-10-20-9-13(21-16)18(26)22-7-6-19-15(22)8-17(25)23(19)14(11-27-19)12-4-2-1-3-5-12/h1-5,9-10,14-15H,6-8,11H2,(H,21,24)/t14-,15+,19-/m0/s1. The predicted molar refractivity (Wildman–Crippen MR) is 93.6 cm³/mol. The summed E-state index contributed by atoms with van der Waals surface area (Å²) in [6.07, 6.45) is 3.24. The Hall–Kier alpha value is -3.00. The summed E-state index contributed by atoms with van der Waals surface area (Å²) in [4.78, 5) is 47.0. The Kier molecular flexibility index (Phi) is 3.45. The maximum atomic E-state index is 12.9. The number of nitrogens with one attached hydrogen (secondary N) is 1. The Morgan fingerprint density at radius 2 is 2.04 bits per heavy atom. The molecule has 0 unspecified atom stereocenters. The molecule has 138 valence electrons. The Morgan fingerprint density at radius 3 is 2.81 bits per heavy atom. The molecule has 1 aromatic carbocycles. The van der Waals surface area contributed by atoms with Crippen LogP contribution in [0.15, 0.2) is 47.5 Å². The number of aromatic nitrogens is 2. The molecule has 3 fully saturated rings. The van der Waals surface area contributed by atoms with Gasteiger partial charge >= 0.3 is 0 Å². The van der Waals surface area contributed by atoms with E-state index in [4.69, 9.17) is 4.74 Å².